The highest BCUT2D eigenvalue weighted by Gasteiger charge is 2.00. The zero-order chi connectivity index (χ0) is 15.1. The van der Waals surface area contributed by atoms with Gasteiger partial charge in [0.1, 0.15) is 5.82 Å². The standard InChI is InChI=1S/C16H21ClN4/c1-12(2)7-9-18-15-8-10-19-16(21-15)20-11-13-3-5-14(17)6-4-13/h3-6,8,10,12H,7,9,11H2,1-2H3,(H2,18,19,20,21). The highest BCUT2D eigenvalue weighted by Crippen LogP contribution is 2.12. The van der Waals surface area contributed by atoms with Crippen molar-refractivity contribution in [2.75, 3.05) is 17.2 Å². The first-order valence-corrected chi connectivity index (χ1v) is 7.56. The van der Waals surface area contributed by atoms with Gasteiger partial charge in [-0.3, -0.25) is 0 Å². The molecule has 0 radical (unpaired) electrons. The Hall–Kier alpha value is -1.81. The van der Waals surface area contributed by atoms with Crippen LogP contribution in [0.3, 0.4) is 0 Å². The second kappa shape index (κ2) is 7.84. The summed E-state index contributed by atoms with van der Waals surface area (Å²) in [4.78, 5) is 8.67. The van der Waals surface area contributed by atoms with Crippen LogP contribution in [-0.4, -0.2) is 16.5 Å². The highest BCUT2D eigenvalue weighted by atomic mass is 35.5. The van der Waals surface area contributed by atoms with E-state index in [0.29, 0.717) is 18.4 Å². The van der Waals surface area contributed by atoms with E-state index in [-0.39, 0.29) is 0 Å². The Bertz CT molecular complexity index is 554. The molecule has 112 valence electrons. The van der Waals surface area contributed by atoms with Crippen LogP contribution in [0.4, 0.5) is 11.8 Å². The molecule has 0 unspecified atom stereocenters. The van der Waals surface area contributed by atoms with Crippen LogP contribution >= 0.6 is 11.6 Å². The number of halogens is 1. The number of nitrogens with zero attached hydrogens (tertiary/aromatic N) is 2. The molecule has 0 saturated heterocycles. The minimum Gasteiger partial charge on any atom is -0.370 e. The van der Waals surface area contributed by atoms with E-state index in [2.05, 4.69) is 34.4 Å². The zero-order valence-electron chi connectivity index (χ0n) is 12.4. The van der Waals surface area contributed by atoms with Crippen LogP contribution in [0.5, 0.6) is 0 Å². The summed E-state index contributed by atoms with van der Waals surface area (Å²) in [5, 5.41) is 7.27. The van der Waals surface area contributed by atoms with Crippen LogP contribution < -0.4 is 10.6 Å². The van der Waals surface area contributed by atoms with Crippen molar-refractivity contribution in [1.29, 1.82) is 0 Å². The molecule has 0 fully saturated rings. The van der Waals surface area contributed by atoms with E-state index in [0.717, 1.165) is 29.4 Å². The first-order chi connectivity index (χ1) is 10.1. The maximum absolute atomic E-state index is 5.87. The molecule has 0 aliphatic carbocycles. The number of hydrogen-bond donors (Lipinski definition) is 2. The van der Waals surface area contributed by atoms with Crippen LogP contribution in [-0.2, 0) is 6.54 Å². The van der Waals surface area contributed by atoms with Gasteiger partial charge in [-0.1, -0.05) is 37.6 Å². The number of anilines is 2. The lowest BCUT2D eigenvalue weighted by Crippen LogP contribution is -2.09. The van der Waals surface area contributed by atoms with Gasteiger partial charge in [-0.05, 0) is 36.1 Å². The molecule has 0 bridgehead atoms. The van der Waals surface area contributed by atoms with Gasteiger partial charge in [0.2, 0.25) is 5.95 Å². The summed E-state index contributed by atoms with van der Waals surface area (Å²) in [6.07, 6.45) is 2.88. The van der Waals surface area contributed by atoms with Gasteiger partial charge in [0.25, 0.3) is 0 Å². The fourth-order valence-electron chi connectivity index (χ4n) is 1.81. The van der Waals surface area contributed by atoms with Crippen molar-refractivity contribution >= 4 is 23.4 Å². The van der Waals surface area contributed by atoms with Crippen molar-refractivity contribution in [3.63, 3.8) is 0 Å². The summed E-state index contributed by atoms with van der Waals surface area (Å²) < 4.78 is 0. The number of nitrogens with one attached hydrogen (secondary N) is 2. The number of aromatic nitrogens is 2. The Balaban J connectivity index is 1.87. The Kier molecular flexibility index (Phi) is 5.81. The molecule has 5 heteroatoms. The third-order valence-corrected chi connectivity index (χ3v) is 3.30. The van der Waals surface area contributed by atoms with Gasteiger partial charge in [0.15, 0.2) is 0 Å². The first kappa shape index (κ1) is 15.6. The summed E-state index contributed by atoms with van der Waals surface area (Å²) in [5.41, 5.74) is 1.14. The Morgan fingerprint density at radius 3 is 2.57 bits per heavy atom. The lowest BCUT2D eigenvalue weighted by Gasteiger charge is -2.09. The fourth-order valence-corrected chi connectivity index (χ4v) is 1.94. The number of rotatable bonds is 7. The topological polar surface area (TPSA) is 49.8 Å². The highest BCUT2D eigenvalue weighted by molar-refractivity contribution is 6.30. The van der Waals surface area contributed by atoms with Crippen molar-refractivity contribution in [3.8, 4) is 0 Å². The van der Waals surface area contributed by atoms with Gasteiger partial charge < -0.3 is 10.6 Å². The first-order valence-electron chi connectivity index (χ1n) is 7.18. The van der Waals surface area contributed by atoms with Crippen LogP contribution in [0.1, 0.15) is 25.8 Å². The molecule has 2 N–H and O–H groups in total. The van der Waals surface area contributed by atoms with E-state index >= 15 is 0 Å². The Morgan fingerprint density at radius 2 is 1.86 bits per heavy atom. The van der Waals surface area contributed by atoms with Gasteiger partial charge >= 0.3 is 0 Å². The van der Waals surface area contributed by atoms with Crippen LogP contribution in [0.2, 0.25) is 5.02 Å². The van der Waals surface area contributed by atoms with Crippen LogP contribution in [0, 0.1) is 5.92 Å². The molecule has 4 nitrogen and oxygen atoms in total. The van der Waals surface area contributed by atoms with Crippen LogP contribution in [0.25, 0.3) is 0 Å². The number of benzene rings is 1. The van der Waals surface area contributed by atoms with E-state index < -0.39 is 0 Å². The minimum absolute atomic E-state index is 0.625. The molecule has 0 amide bonds. The molecular weight excluding hydrogens is 284 g/mol. The van der Waals surface area contributed by atoms with Gasteiger partial charge in [-0.15, -0.1) is 0 Å². The summed E-state index contributed by atoms with van der Waals surface area (Å²) in [7, 11) is 0. The second-order valence-electron chi connectivity index (χ2n) is 5.35. The van der Waals surface area contributed by atoms with Gasteiger partial charge in [-0.25, -0.2) is 4.98 Å². The van der Waals surface area contributed by atoms with Gasteiger partial charge in [0, 0.05) is 24.3 Å². The summed E-state index contributed by atoms with van der Waals surface area (Å²) in [6.45, 7) is 6.01. The summed E-state index contributed by atoms with van der Waals surface area (Å²) in [5.74, 6) is 2.16. The molecule has 21 heavy (non-hydrogen) atoms. The summed E-state index contributed by atoms with van der Waals surface area (Å²) >= 11 is 5.87. The molecule has 0 saturated carbocycles. The molecule has 1 aromatic carbocycles. The molecule has 0 atom stereocenters. The van der Waals surface area contributed by atoms with E-state index in [4.69, 9.17) is 11.6 Å². The van der Waals surface area contributed by atoms with Gasteiger partial charge in [-0.2, -0.15) is 4.98 Å². The third kappa shape index (κ3) is 5.60. The smallest absolute Gasteiger partial charge is 0.224 e. The lowest BCUT2D eigenvalue weighted by atomic mass is 10.1. The summed E-state index contributed by atoms with van der Waals surface area (Å²) in [6, 6.07) is 9.61. The molecule has 0 aliphatic rings. The monoisotopic (exact) mass is 304 g/mol. The van der Waals surface area contributed by atoms with Crippen molar-refractivity contribution in [3.05, 3.63) is 47.1 Å². The van der Waals surface area contributed by atoms with Crippen molar-refractivity contribution in [1.82, 2.24) is 9.97 Å². The van der Waals surface area contributed by atoms with E-state index in [1.165, 1.54) is 0 Å². The molecule has 0 aliphatic heterocycles. The molecule has 0 spiro atoms. The molecule has 2 aromatic rings. The average Bonchev–Trinajstić information content (AvgIpc) is 2.47. The van der Waals surface area contributed by atoms with Crippen molar-refractivity contribution in [2.24, 2.45) is 5.92 Å². The van der Waals surface area contributed by atoms with Crippen molar-refractivity contribution < 1.29 is 0 Å². The predicted molar refractivity (Wildman–Crippen MR) is 88.8 cm³/mol. The zero-order valence-corrected chi connectivity index (χ0v) is 13.2. The third-order valence-electron chi connectivity index (χ3n) is 3.05. The molecular formula is C16H21ClN4. The van der Waals surface area contributed by atoms with E-state index in [1.807, 2.05) is 30.3 Å². The van der Waals surface area contributed by atoms with E-state index in [9.17, 15) is 0 Å². The molecule has 1 aromatic heterocycles. The quantitative estimate of drug-likeness (QED) is 0.805. The van der Waals surface area contributed by atoms with E-state index in [1.54, 1.807) is 6.20 Å². The molecule has 2 rings (SSSR count). The number of hydrogen-bond acceptors (Lipinski definition) is 4. The normalized spacial score (nSPS) is 10.7. The second-order valence-corrected chi connectivity index (χ2v) is 5.79. The van der Waals surface area contributed by atoms with Crippen molar-refractivity contribution in [2.45, 2.75) is 26.8 Å². The largest absolute Gasteiger partial charge is 0.370 e. The van der Waals surface area contributed by atoms with Crippen LogP contribution in [0.15, 0.2) is 36.5 Å². The predicted octanol–water partition coefficient (Wildman–Crippen LogP) is 4.20. The minimum atomic E-state index is 0.625. The Morgan fingerprint density at radius 1 is 1.10 bits per heavy atom. The molecule has 1 heterocycles. The van der Waals surface area contributed by atoms with Gasteiger partial charge in [0.05, 0.1) is 0 Å². The fraction of sp³-hybridized carbons (Fsp3) is 0.375. The maximum atomic E-state index is 5.87. The average molecular weight is 305 g/mol. The Labute approximate surface area is 131 Å². The maximum Gasteiger partial charge on any atom is 0.224 e. The lowest BCUT2D eigenvalue weighted by molar-refractivity contribution is 0.606. The SMILES string of the molecule is CC(C)CCNc1ccnc(NCc2ccc(Cl)cc2)n1.